The standard InChI is InChI=1S/C21H26O4/c1-13-14(2)19(11-22)25-20(15(13)3)12-24-21(23)18-9-8-16-6-4-5-7-17(16)10-18/h4-10,13-15,19-20,22H,11-12H2,1-3H3. The van der Waals surface area contributed by atoms with Gasteiger partial charge in [-0.05, 0) is 40.7 Å². The van der Waals surface area contributed by atoms with Gasteiger partial charge in [-0.1, -0.05) is 51.1 Å². The van der Waals surface area contributed by atoms with Gasteiger partial charge in [-0.2, -0.15) is 0 Å². The zero-order valence-corrected chi connectivity index (χ0v) is 15.0. The maximum absolute atomic E-state index is 12.4. The van der Waals surface area contributed by atoms with Crippen molar-refractivity contribution in [2.75, 3.05) is 13.2 Å². The van der Waals surface area contributed by atoms with Gasteiger partial charge in [0.15, 0.2) is 0 Å². The van der Waals surface area contributed by atoms with Crippen molar-refractivity contribution in [3.05, 3.63) is 48.0 Å². The molecular formula is C21H26O4. The van der Waals surface area contributed by atoms with Crippen molar-refractivity contribution in [2.24, 2.45) is 17.8 Å². The number of ether oxygens (including phenoxy) is 2. The molecule has 25 heavy (non-hydrogen) atoms. The Kier molecular flexibility index (Phi) is 5.40. The predicted molar refractivity (Wildman–Crippen MR) is 97.5 cm³/mol. The minimum absolute atomic E-state index is 0.00660. The van der Waals surface area contributed by atoms with Crippen LogP contribution < -0.4 is 0 Å². The first-order chi connectivity index (χ1) is 12.0. The van der Waals surface area contributed by atoms with Gasteiger partial charge >= 0.3 is 5.97 Å². The third kappa shape index (κ3) is 3.70. The van der Waals surface area contributed by atoms with Gasteiger partial charge < -0.3 is 14.6 Å². The summed E-state index contributed by atoms with van der Waals surface area (Å²) < 4.78 is 11.5. The number of hydrogen-bond acceptors (Lipinski definition) is 4. The van der Waals surface area contributed by atoms with E-state index >= 15 is 0 Å². The Bertz CT molecular complexity index is 740. The Morgan fingerprint density at radius 3 is 2.40 bits per heavy atom. The van der Waals surface area contributed by atoms with Crippen LogP contribution in [-0.2, 0) is 9.47 Å². The zero-order valence-electron chi connectivity index (χ0n) is 15.0. The van der Waals surface area contributed by atoms with E-state index < -0.39 is 0 Å². The lowest BCUT2D eigenvalue weighted by atomic mass is 9.77. The second kappa shape index (κ2) is 7.54. The number of benzene rings is 2. The van der Waals surface area contributed by atoms with Gasteiger partial charge in [0.1, 0.15) is 6.61 Å². The predicted octanol–water partition coefficient (Wildman–Crippen LogP) is 3.66. The van der Waals surface area contributed by atoms with Gasteiger partial charge in [0.25, 0.3) is 0 Å². The highest BCUT2D eigenvalue weighted by molar-refractivity contribution is 5.95. The summed E-state index contributed by atoms with van der Waals surface area (Å²) in [5.41, 5.74) is 0.544. The molecule has 0 aliphatic carbocycles. The lowest BCUT2D eigenvalue weighted by Gasteiger charge is -2.42. The van der Waals surface area contributed by atoms with Crippen LogP contribution in [0.2, 0.25) is 0 Å². The van der Waals surface area contributed by atoms with Crippen LogP contribution in [0.1, 0.15) is 31.1 Å². The summed E-state index contributed by atoms with van der Waals surface area (Å²) in [6.07, 6.45) is -0.386. The Morgan fingerprint density at radius 1 is 1.00 bits per heavy atom. The molecule has 0 bridgehead atoms. The van der Waals surface area contributed by atoms with E-state index in [1.807, 2.05) is 36.4 Å². The highest BCUT2D eigenvalue weighted by Crippen LogP contribution is 2.35. The second-order valence-electron chi connectivity index (χ2n) is 7.13. The summed E-state index contributed by atoms with van der Waals surface area (Å²) in [4.78, 5) is 12.4. The molecule has 1 aliphatic rings. The Labute approximate surface area is 148 Å². The van der Waals surface area contributed by atoms with Crippen molar-refractivity contribution < 1.29 is 19.4 Å². The maximum Gasteiger partial charge on any atom is 0.338 e. The molecule has 1 aliphatic heterocycles. The summed E-state index contributed by atoms with van der Waals surface area (Å²) in [5, 5.41) is 11.6. The molecule has 0 spiro atoms. The van der Waals surface area contributed by atoms with Crippen LogP contribution in [0.25, 0.3) is 10.8 Å². The summed E-state index contributed by atoms with van der Waals surface area (Å²) in [5.74, 6) is 0.610. The quantitative estimate of drug-likeness (QED) is 0.862. The number of aliphatic hydroxyl groups is 1. The minimum Gasteiger partial charge on any atom is -0.459 e. The van der Waals surface area contributed by atoms with E-state index in [1.54, 1.807) is 6.07 Å². The average Bonchev–Trinajstić information content (AvgIpc) is 2.65. The number of hydrogen-bond donors (Lipinski definition) is 1. The van der Waals surface area contributed by atoms with Gasteiger partial charge in [0.2, 0.25) is 0 Å². The van der Waals surface area contributed by atoms with Crippen LogP contribution >= 0.6 is 0 Å². The monoisotopic (exact) mass is 342 g/mol. The molecule has 0 aromatic heterocycles. The molecular weight excluding hydrogens is 316 g/mol. The molecule has 1 fully saturated rings. The molecule has 1 N–H and O–H groups in total. The molecule has 134 valence electrons. The second-order valence-corrected chi connectivity index (χ2v) is 7.13. The van der Waals surface area contributed by atoms with E-state index in [0.29, 0.717) is 11.5 Å². The number of carbonyl (C=O) groups excluding carboxylic acids is 1. The summed E-state index contributed by atoms with van der Waals surface area (Å²) >= 11 is 0. The van der Waals surface area contributed by atoms with Crippen LogP contribution in [0, 0.1) is 17.8 Å². The molecule has 2 aromatic carbocycles. The largest absolute Gasteiger partial charge is 0.459 e. The molecule has 3 rings (SSSR count). The fourth-order valence-electron chi connectivity index (χ4n) is 3.59. The van der Waals surface area contributed by atoms with Crippen LogP contribution in [0.4, 0.5) is 0 Å². The normalized spacial score (nSPS) is 29.5. The van der Waals surface area contributed by atoms with Crippen molar-refractivity contribution in [1.82, 2.24) is 0 Å². The van der Waals surface area contributed by atoms with E-state index in [2.05, 4.69) is 20.8 Å². The molecule has 5 atom stereocenters. The number of rotatable bonds is 4. The van der Waals surface area contributed by atoms with Crippen molar-refractivity contribution in [2.45, 2.75) is 33.0 Å². The van der Waals surface area contributed by atoms with Gasteiger partial charge in [0, 0.05) is 0 Å². The van der Waals surface area contributed by atoms with Crippen LogP contribution in [-0.4, -0.2) is 36.5 Å². The molecule has 4 heteroatoms. The molecule has 5 unspecified atom stereocenters. The Morgan fingerprint density at radius 2 is 1.68 bits per heavy atom. The molecule has 4 nitrogen and oxygen atoms in total. The van der Waals surface area contributed by atoms with Gasteiger partial charge in [-0.15, -0.1) is 0 Å². The first-order valence-electron chi connectivity index (χ1n) is 8.93. The Balaban J connectivity index is 1.66. The first kappa shape index (κ1) is 17.9. The molecule has 2 aromatic rings. The summed E-state index contributed by atoms with van der Waals surface area (Å²) in [6.45, 7) is 6.58. The van der Waals surface area contributed by atoms with Crippen LogP contribution in [0.15, 0.2) is 42.5 Å². The Hall–Kier alpha value is -1.91. The third-order valence-electron chi connectivity index (χ3n) is 5.72. The zero-order chi connectivity index (χ0) is 18.0. The van der Waals surface area contributed by atoms with E-state index in [1.165, 1.54) is 0 Å². The highest BCUT2D eigenvalue weighted by atomic mass is 16.6. The van der Waals surface area contributed by atoms with Gasteiger partial charge in [-0.25, -0.2) is 4.79 Å². The first-order valence-corrected chi connectivity index (χ1v) is 8.93. The van der Waals surface area contributed by atoms with E-state index in [0.717, 1.165) is 10.8 Å². The number of esters is 1. The van der Waals surface area contributed by atoms with E-state index in [9.17, 15) is 9.90 Å². The van der Waals surface area contributed by atoms with E-state index in [-0.39, 0.29) is 43.2 Å². The highest BCUT2D eigenvalue weighted by Gasteiger charge is 2.39. The van der Waals surface area contributed by atoms with Gasteiger partial charge in [-0.3, -0.25) is 0 Å². The SMILES string of the molecule is CC1C(CO)OC(COC(=O)c2ccc3ccccc3c2)C(C)C1C. The van der Waals surface area contributed by atoms with Crippen molar-refractivity contribution in [3.63, 3.8) is 0 Å². The smallest absolute Gasteiger partial charge is 0.338 e. The third-order valence-corrected chi connectivity index (χ3v) is 5.72. The number of carbonyl (C=O) groups is 1. The molecule has 0 saturated carbocycles. The van der Waals surface area contributed by atoms with E-state index in [4.69, 9.17) is 9.47 Å². The van der Waals surface area contributed by atoms with Crippen LogP contribution in [0.5, 0.6) is 0 Å². The molecule has 0 radical (unpaired) electrons. The van der Waals surface area contributed by atoms with Crippen molar-refractivity contribution in [1.29, 1.82) is 0 Å². The number of fused-ring (bicyclic) bond motifs is 1. The molecule has 1 heterocycles. The fraction of sp³-hybridized carbons (Fsp3) is 0.476. The molecule has 1 saturated heterocycles. The minimum atomic E-state index is -0.339. The fourth-order valence-corrected chi connectivity index (χ4v) is 3.59. The van der Waals surface area contributed by atoms with Gasteiger partial charge in [0.05, 0.1) is 24.4 Å². The number of aliphatic hydroxyl groups excluding tert-OH is 1. The lowest BCUT2D eigenvalue weighted by Crippen LogP contribution is -2.48. The maximum atomic E-state index is 12.4. The molecule has 0 amide bonds. The topological polar surface area (TPSA) is 55.8 Å². The van der Waals surface area contributed by atoms with Crippen molar-refractivity contribution in [3.8, 4) is 0 Å². The lowest BCUT2D eigenvalue weighted by molar-refractivity contribution is -0.160. The summed E-state index contributed by atoms with van der Waals surface area (Å²) in [6, 6.07) is 13.5. The van der Waals surface area contributed by atoms with Crippen molar-refractivity contribution >= 4 is 16.7 Å². The summed E-state index contributed by atoms with van der Waals surface area (Å²) in [7, 11) is 0. The average molecular weight is 342 g/mol. The van der Waals surface area contributed by atoms with Crippen LogP contribution in [0.3, 0.4) is 0 Å².